The Morgan fingerprint density at radius 3 is 1.15 bits per heavy atom. The SMILES string of the molecule is C.Cc1ccc(Cl)c(-c2ncc(N)cn2)c1.Cc1ccc(Cl)c(-c2ncc(NC(=O)c3c(F)cccc3F)cn2)c1.Cc1ccc(Cl)c(-c2ncc([N+](=O)[O-])cn2)c1.Cc1ccc(Cl)c(B(O)O)c1.O=C(O)c1c(F)cccc1F.O=[N+]([O-])c1cnc(Cl)nc1.[Cl][Sn][Cl]. The van der Waals surface area contributed by atoms with Crippen LogP contribution < -0.4 is 16.5 Å². The van der Waals surface area contributed by atoms with Crippen molar-refractivity contribution in [3.8, 4) is 34.2 Å². The summed E-state index contributed by atoms with van der Waals surface area (Å²) in [7, 11) is 8.38. The summed E-state index contributed by atoms with van der Waals surface area (Å²) in [4.78, 5) is 72.8. The number of anilines is 2. The van der Waals surface area contributed by atoms with Crippen LogP contribution in [0, 0.1) is 71.2 Å². The summed E-state index contributed by atoms with van der Waals surface area (Å²) in [5, 5.41) is 50.7. The maximum absolute atomic E-state index is 13.6. The van der Waals surface area contributed by atoms with Gasteiger partial charge in [-0.2, -0.15) is 0 Å². The predicted octanol–water partition coefficient (Wildman–Crippen LogP) is 15.0. The molecular formula is C59H48BCl7F4N12O9Sn. The number of amides is 1. The Morgan fingerprint density at radius 2 is 0.828 bits per heavy atom. The Kier molecular flexibility index (Phi) is 33.4. The topological polar surface area (TPSA) is 322 Å². The van der Waals surface area contributed by atoms with Crippen LogP contribution in [0.2, 0.25) is 25.4 Å². The second-order valence-electron chi connectivity index (χ2n) is 18.0. The van der Waals surface area contributed by atoms with Crippen molar-refractivity contribution in [3.05, 3.63) is 261 Å². The molecule has 4 aromatic heterocycles. The number of nitrogens with zero attached hydrogens (tertiary/aromatic N) is 10. The molecule has 34 heteroatoms. The van der Waals surface area contributed by atoms with E-state index >= 15 is 0 Å². The van der Waals surface area contributed by atoms with Crippen LogP contribution in [-0.2, 0) is 0 Å². The van der Waals surface area contributed by atoms with E-state index in [1.165, 1.54) is 30.9 Å². The Labute approximate surface area is 571 Å². The molecule has 0 spiro atoms. The number of halogens is 11. The van der Waals surface area contributed by atoms with Crippen molar-refractivity contribution in [1.82, 2.24) is 39.9 Å². The first-order valence-electron chi connectivity index (χ1n) is 25.3. The van der Waals surface area contributed by atoms with E-state index in [2.05, 4.69) is 45.2 Å². The summed E-state index contributed by atoms with van der Waals surface area (Å²) < 4.78 is 52.2. The van der Waals surface area contributed by atoms with E-state index in [0.29, 0.717) is 59.8 Å². The van der Waals surface area contributed by atoms with Crippen LogP contribution in [-0.4, -0.2) is 103 Å². The van der Waals surface area contributed by atoms with Gasteiger partial charge in [0, 0.05) is 27.2 Å². The molecule has 0 atom stereocenters. The first kappa shape index (κ1) is 79.0. The van der Waals surface area contributed by atoms with E-state index in [9.17, 15) is 47.4 Å². The van der Waals surface area contributed by atoms with E-state index in [4.69, 9.17) is 96.7 Å². The van der Waals surface area contributed by atoms with Gasteiger partial charge in [-0.25, -0.2) is 62.2 Å². The third kappa shape index (κ3) is 25.6. The number of carbonyl (C=O) groups excluding carboxylic acids is 1. The number of hydrogen-bond donors (Lipinski definition) is 5. The quantitative estimate of drug-likeness (QED) is 0.0295. The Balaban J connectivity index is 0.000000297. The zero-order chi connectivity index (χ0) is 68.4. The molecule has 482 valence electrons. The molecule has 0 aliphatic carbocycles. The molecule has 0 bridgehead atoms. The molecular weight excluding hydrogens is 1470 g/mol. The number of hydrogen-bond acceptors (Lipinski definition) is 17. The molecule has 10 rings (SSSR count). The molecule has 21 nitrogen and oxygen atoms in total. The van der Waals surface area contributed by atoms with E-state index in [-0.39, 0.29) is 29.8 Å². The molecule has 0 aliphatic heterocycles. The summed E-state index contributed by atoms with van der Waals surface area (Å²) in [6, 6.07) is 27.9. The van der Waals surface area contributed by atoms with Gasteiger partial charge >= 0.3 is 61.2 Å². The number of nitro groups is 2. The average molecular weight is 1520 g/mol. The number of nitrogens with one attached hydrogen (secondary N) is 1. The number of carboxylic acids is 1. The monoisotopic (exact) mass is 1520 g/mol. The fourth-order valence-corrected chi connectivity index (χ4v) is 7.78. The van der Waals surface area contributed by atoms with Crippen molar-refractivity contribution in [3.63, 3.8) is 0 Å². The van der Waals surface area contributed by atoms with Crippen LogP contribution in [0.25, 0.3) is 34.2 Å². The van der Waals surface area contributed by atoms with Crippen molar-refractivity contribution in [1.29, 1.82) is 0 Å². The number of nitrogens with two attached hydrogens (primary N) is 1. The molecule has 0 aliphatic rings. The van der Waals surface area contributed by atoms with Crippen molar-refractivity contribution in [2.45, 2.75) is 35.1 Å². The zero-order valence-electron chi connectivity index (χ0n) is 47.6. The predicted molar refractivity (Wildman–Crippen MR) is 354 cm³/mol. The van der Waals surface area contributed by atoms with E-state index in [0.717, 1.165) is 70.5 Å². The second kappa shape index (κ2) is 39.3. The van der Waals surface area contributed by atoms with Crippen LogP contribution in [0.5, 0.6) is 0 Å². The van der Waals surface area contributed by atoms with Gasteiger partial charge < -0.3 is 26.2 Å². The summed E-state index contributed by atoms with van der Waals surface area (Å²) in [5.74, 6) is -5.16. The number of carboxylic acid groups (broad SMARTS) is 1. The first-order valence-corrected chi connectivity index (χ1v) is 34.5. The Morgan fingerprint density at radius 1 is 0.516 bits per heavy atom. The second-order valence-corrected chi connectivity index (χ2v) is 24.2. The first-order chi connectivity index (χ1) is 43.5. The van der Waals surface area contributed by atoms with Crippen molar-refractivity contribution in [2.24, 2.45) is 0 Å². The summed E-state index contributed by atoms with van der Waals surface area (Å²) in [5.41, 5.74) is 11.0. The Hall–Kier alpha value is -8.29. The van der Waals surface area contributed by atoms with E-state index in [1.807, 2.05) is 76.2 Å². The number of carbonyl (C=O) groups is 2. The minimum atomic E-state index is -1.60. The van der Waals surface area contributed by atoms with Crippen LogP contribution in [0.4, 0.5) is 40.3 Å². The van der Waals surface area contributed by atoms with Gasteiger partial charge in [0.05, 0.1) is 61.1 Å². The molecule has 1 amide bonds. The zero-order valence-corrected chi connectivity index (χ0v) is 55.7. The van der Waals surface area contributed by atoms with Gasteiger partial charge in [0.1, 0.15) is 59.2 Å². The van der Waals surface area contributed by atoms with Crippen LogP contribution in [0.3, 0.4) is 0 Å². The molecule has 6 aromatic carbocycles. The third-order valence-corrected chi connectivity index (χ3v) is 12.7. The van der Waals surface area contributed by atoms with Crippen molar-refractivity contribution >= 4 is 142 Å². The number of nitrogen functional groups attached to an aromatic ring is 1. The standard InChI is InChI=1S/C18H12ClF2N3O.C11H8ClN3O2.C11H10ClN3.C7H8BClO2.C7H4F2O2.C4H2ClN3O2.CH4.2ClH.Sn/c1-10-5-6-13(19)12(7-10)17-22-8-11(9-23-17)24-18(25)16-14(20)3-2-4-15(16)21;1-7-2-3-10(12)9(4-7)11-13-5-8(6-14-11)15(16)17;1-7-2-3-10(12)9(4-7)11-14-5-8(13)6-15-11;1-5-2-3-7(9)6(4-5)8(10)11;8-4-2-1-3-5(9)6(4)7(10)11;5-4-6-1-3(2-7-4)8(9)10;;;;/h2-9H,1H3,(H,24,25);2-6H,1H3;2-6H,13H2,1H3;2-4,10-11H,1H3;1-3H,(H,10,11);1-2H;1H4;2*1H;/q;;;;;;;;;+2/p-2. The number of aryl methyl sites for hydroxylation is 4. The fraction of sp³-hybridized carbons (Fsp3) is 0.0847. The van der Waals surface area contributed by atoms with Gasteiger partial charge in [0.25, 0.3) is 5.91 Å². The maximum atomic E-state index is 13.6. The fourth-order valence-electron chi connectivity index (χ4n) is 6.87. The molecule has 4 heterocycles. The van der Waals surface area contributed by atoms with Crippen LogP contribution in [0.1, 0.15) is 50.4 Å². The van der Waals surface area contributed by atoms with Gasteiger partial charge in [-0.15, -0.1) is 0 Å². The molecule has 0 saturated heterocycles. The molecule has 0 unspecified atom stereocenters. The minimum absolute atomic E-state index is 0. The van der Waals surface area contributed by atoms with Crippen molar-refractivity contribution in [2.75, 3.05) is 11.1 Å². The normalized spacial score (nSPS) is 9.86. The summed E-state index contributed by atoms with van der Waals surface area (Å²) in [6.07, 6.45) is 10.3. The van der Waals surface area contributed by atoms with Gasteiger partial charge in [-0.05, 0) is 106 Å². The molecule has 6 N–H and O–H groups in total. The van der Waals surface area contributed by atoms with Gasteiger partial charge in [0.2, 0.25) is 5.28 Å². The summed E-state index contributed by atoms with van der Waals surface area (Å²) in [6.45, 7) is 7.70. The molecule has 93 heavy (non-hydrogen) atoms. The van der Waals surface area contributed by atoms with Gasteiger partial charge in [0.15, 0.2) is 17.5 Å². The Bertz CT molecular complexity index is 4120. The van der Waals surface area contributed by atoms with E-state index < -0.39 is 82.1 Å². The van der Waals surface area contributed by atoms with Crippen LogP contribution in [0.15, 0.2) is 159 Å². The molecule has 10 aromatic rings. The number of aromatic nitrogens is 8. The molecule has 0 fully saturated rings. The molecule has 2 radical (unpaired) electrons. The summed E-state index contributed by atoms with van der Waals surface area (Å²) >= 11 is 28.3. The number of rotatable bonds is 9. The van der Waals surface area contributed by atoms with Gasteiger partial charge in [-0.3, -0.25) is 25.0 Å². The van der Waals surface area contributed by atoms with E-state index in [1.54, 1.807) is 36.7 Å². The average Bonchev–Trinajstić information content (AvgIpc) is 1.13. The van der Waals surface area contributed by atoms with Crippen LogP contribution >= 0.6 is 75.8 Å². The third-order valence-electron chi connectivity index (χ3n) is 11.1. The number of benzene rings is 6. The molecule has 0 saturated carbocycles. The van der Waals surface area contributed by atoms with Crippen molar-refractivity contribution < 1.29 is 52.2 Å². The van der Waals surface area contributed by atoms with Gasteiger partial charge in [-0.1, -0.05) is 119 Å². The number of aromatic carboxylic acids is 1.